The number of alkyl halides is 3. The lowest BCUT2D eigenvalue weighted by Crippen LogP contribution is -2.49. The maximum absolute atomic E-state index is 12.4. The van der Waals surface area contributed by atoms with E-state index in [0.717, 1.165) is 0 Å². The highest BCUT2D eigenvalue weighted by Gasteiger charge is 2.44. The molecular weight excluding hydrogens is 253 g/mol. The van der Waals surface area contributed by atoms with Gasteiger partial charge < -0.3 is 5.32 Å². The van der Waals surface area contributed by atoms with Crippen LogP contribution >= 0.6 is 0 Å². The van der Waals surface area contributed by atoms with Crippen LogP contribution < -0.4 is 5.32 Å². The molecule has 1 aromatic carbocycles. The van der Waals surface area contributed by atoms with E-state index >= 15 is 0 Å². The van der Waals surface area contributed by atoms with Crippen LogP contribution in [0.2, 0.25) is 0 Å². The summed E-state index contributed by atoms with van der Waals surface area (Å²) in [6.45, 7) is -1.40. The molecule has 1 atom stereocenters. The number of carbonyl (C=O) groups is 1. The summed E-state index contributed by atoms with van der Waals surface area (Å²) in [4.78, 5) is 20.5. The van der Waals surface area contributed by atoms with Crippen LogP contribution in [0.4, 0.5) is 13.2 Å². The molecule has 0 aliphatic rings. The number of carbonyl (C=O) groups excluding carboxylic acids is 1. The Labute approximate surface area is 99.8 Å². The fourth-order valence-corrected chi connectivity index (χ4v) is 1.21. The van der Waals surface area contributed by atoms with Crippen molar-refractivity contribution in [3.8, 4) is 0 Å². The SMILES string of the molecule is O=C(N[C@H](C[N+](=O)[O-])C(F)(F)F)c1ccccc1. The Morgan fingerprint density at radius 1 is 1.33 bits per heavy atom. The number of nitrogens with zero attached hydrogens (tertiary/aromatic N) is 1. The van der Waals surface area contributed by atoms with Gasteiger partial charge in [-0.05, 0) is 12.1 Å². The van der Waals surface area contributed by atoms with E-state index in [1.54, 1.807) is 11.4 Å². The lowest BCUT2D eigenvalue weighted by atomic mass is 10.2. The van der Waals surface area contributed by atoms with E-state index < -0.39 is 29.6 Å². The van der Waals surface area contributed by atoms with Gasteiger partial charge in [0.1, 0.15) is 0 Å². The molecule has 1 N–H and O–H groups in total. The molecule has 0 aliphatic heterocycles. The number of nitro groups is 1. The Hall–Kier alpha value is -2.12. The van der Waals surface area contributed by atoms with Gasteiger partial charge in [-0.1, -0.05) is 18.2 Å². The molecule has 0 saturated heterocycles. The summed E-state index contributed by atoms with van der Waals surface area (Å²) in [5.74, 6) is -1.00. The van der Waals surface area contributed by atoms with E-state index in [1.807, 2.05) is 0 Å². The van der Waals surface area contributed by atoms with Crippen molar-refractivity contribution in [2.75, 3.05) is 6.54 Å². The van der Waals surface area contributed by atoms with E-state index in [4.69, 9.17) is 0 Å². The third kappa shape index (κ3) is 4.04. The first-order valence-electron chi connectivity index (χ1n) is 4.85. The molecule has 0 aromatic heterocycles. The molecule has 1 amide bonds. The standard InChI is InChI=1S/C10H9F3N2O3/c11-10(12,13)8(6-15(17)18)14-9(16)7-4-2-1-3-5-7/h1-5,8H,6H2,(H,14,16)/t8-/m1/s1. The molecule has 0 spiro atoms. The second-order valence-corrected chi connectivity index (χ2v) is 3.45. The molecule has 0 aliphatic carbocycles. The van der Waals surface area contributed by atoms with Gasteiger partial charge in [0.15, 0.2) is 6.04 Å². The summed E-state index contributed by atoms with van der Waals surface area (Å²) >= 11 is 0. The van der Waals surface area contributed by atoms with Crippen molar-refractivity contribution in [3.63, 3.8) is 0 Å². The highest BCUT2D eigenvalue weighted by molar-refractivity contribution is 5.94. The van der Waals surface area contributed by atoms with Crippen molar-refractivity contribution in [1.82, 2.24) is 5.32 Å². The van der Waals surface area contributed by atoms with E-state index in [-0.39, 0.29) is 5.56 Å². The lowest BCUT2D eigenvalue weighted by Gasteiger charge is -2.17. The Morgan fingerprint density at radius 3 is 2.33 bits per heavy atom. The highest BCUT2D eigenvalue weighted by Crippen LogP contribution is 2.20. The van der Waals surface area contributed by atoms with Gasteiger partial charge >= 0.3 is 6.18 Å². The van der Waals surface area contributed by atoms with Crippen LogP contribution in [-0.4, -0.2) is 29.6 Å². The molecule has 0 radical (unpaired) electrons. The number of hydrogen-bond acceptors (Lipinski definition) is 3. The van der Waals surface area contributed by atoms with E-state index in [0.29, 0.717) is 0 Å². The number of rotatable bonds is 4. The van der Waals surface area contributed by atoms with Crippen LogP contribution in [0, 0.1) is 10.1 Å². The molecule has 0 saturated carbocycles. The Bertz CT molecular complexity index is 434. The summed E-state index contributed by atoms with van der Waals surface area (Å²) in [6, 6.07) is 4.68. The minimum atomic E-state index is -4.86. The van der Waals surface area contributed by atoms with Crippen LogP contribution in [0.15, 0.2) is 30.3 Å². The molecule has 0 heterocycles. The van der Waals surface area contributed by atoms with Crippen molar-refractivity contribution in [2.24, 2.45) is 0 Å². The van der Waals surface area contributed by atoms with Crippen molar-refractivity contribution in [1.29, 1.82) is 0 Å². The minimum absolute atomic E-state index is 0.00935. The smallest absolute Gasteiger partial charge is 0.335 e. The molecule has 18 heavy (non-hydrogen) atoms. The first kappa shape index (κ1) is 13.9. The number of nitrogens with one attached hydrogen (secondary N) is 1. The zero-order chi connectivity index (χ0) is 13.8. The van der Waals surface area contributed by atoms with Crippen molar-refractivity contribution < 1.29 is 22.9 Å². The fourth-order valence-electron chi connectivity index (χ4n) is 1.21. The fraction of sp³-hybridized carbons (Fsp3) is 0.300. The minimum Gasteiger partial charge on any atom is -0.335 e. The lowest BCUT2D eigenvalue weighted by molar-refractivity contribution is -0.490. The summed E-state index contributed by atoms with van der Waals surface area (Å²) in [5.41, 5.74) is 0.00935. The summed E-state index contributed by atoms with van der Waals surface area (Å²) < 4.78 is 37.3. The monoisotopic (exact) mass is 262 g/mol. The first-order chi connectivity index (χ1) is 8.30. The Morgan fingerprint density at radius 2 is 1.89 bits per heavy atom. The molecule has 1 aromatic rings. The quantitative estimate of drug-likeness (QED) is 0.662. The van der Waals surface area contributed by atoms with Crippen LogP contribution in [0.5, 0.6) is 0 Å². The third-order valence-electron chi connectivity index (χ3n) is 2.07. The molecule has 0 fully saturated rings. The predicted octanol–water partition coefficient (Wildman–Crippen LogP) is 1.62. The molecule has 1 rings (SSSR count). The highest BCUT2D eigenvalue weighted by atomic mass is 19.4. The summed E-state index contributed by atoms with van der Waals surface area (Å²) in [7, 11) is 0. The van der Waals surface area contributed by atoms with Gasteiger partial charge in [0, 0.05) is 10.5 Å². The second kappa shape index (κ2) is 5.48. The van der Waals surface area contributed by atoms with Gasteiger partial charge in [0.2, 0.25) is 6.54 Å². The predicted molar refractivity (Wildman–Crippen MR) is 55.6 cm³/mol. The van der Waals surface area contributed by atoms with E-state index in [2.05, 4.69) is 0 Å². The van der Waals surface area contributed by atoms with Crippen LogP contribution in [0.25, 0.3) is 0 Å². The number of hydrogen-bond donors (Lipinski definition) is 1. The Balaban J connectivity index is 2.78. The van der Waals surface area contributed by atoms with Gasteiger partial charge in [-0.3, -0.25) is 14.9 Å². The van der Waals surface area contributed by atoms with Gasteiger partial charge in [-0.25, -0.2) is 0 Å². The van der Waals surface area contributed by atoms with E-state index in [9.17, 15) is 28.1 Å². The van der Waals surface area contributed by atoms with Crippen molar-refractivity contribution >= 4 is 5.91 Å². The first-order valence-corrected chi connectivity index (χ1v) is 4.85. The van der Waals surface area contributed by atoms with Crippen LogP contribution in [0.3, 0.4) is 0 Å². The summed E-state index contributed by atoms with van der Waals surface area (Å²) in [6.07, 6.45) is -4.86. The largest absolute Gasteiger partial charge is 0.415 e. The van der Waals surface area contributed by atoms with Gasteiger partial charge in [-0.2, -0.15) is 13.2 Å². The van der Waals surface area contributed by atoms with Gasteiger partial charge in [-0.15, -0.1) is 0 Å². The normalized spacial score (nSPS) is 12.8. The number of benzene rings is 1. The molecule has 8 heteroatoms. The molecule has 0 unspecified atom stereocenters. The molecule has 98 valence electrons. The van der Waals surface area contributed by atoms with Gasteiger partial charge in [0.25, 0.3) is 5.91 Å². The van der Waals surface area contributed by atoms with Gasteiger partial charge in [0.05, 0.1) is 0 Å². The molecule has 0 bridgehead atoms. The molecule has 5 nitrogen and oxygen atoms in total. The topological polar surface area (TPSA) is 72.2 Å². The van der Waals surface area contributed by atoms with Crippen LogP contribution in [0.1, 0.15) is 10.4 Å². The van der Waals surface area contributed by atoms with Crippen molar-refractivity contribution in [2.45, 2.75) is 12.2 Å². The Kier molecular flexibility index (Phi) is 4.24. The third-order valence-corrected chi connectivity index (χ3v) is 2.07. The molecular formula is C10H9F3N2O3. The van der Waals surface area contributed by atoms with Crippen molar-refractivity contribution in [3.05, 3.63) is 46.0 Å². The van der Waals surface area contributed by atoms with Crippen LogP contribution in [-0.2, 0) is 0 Å². The van der Waals surface area contributed by atoms with E-state index in [1.165, 1.54) is 24.3 Å². The average Bonchev–Trinajstić information content (AvgIpc) is 2.27. The average molecular weight is 262 g/mol. The maximum Gasteiger partial charge on any atom is 0.415 e. The zero-order valence-electron chi connectivity index (χ0n) is 8.98. The zero-order valence-corrected chi connectivity index (χ0v) is 8.98. The number of amides is 1. The maximum atomic E-state index is 12.4. The summed E-state index contributed by atoms with van der Waals surface area (Å²) in [5, 5.41) is 11.7. The second-order valence-electron chi connectivity index (χ2n) is 3.45. The number of halogens is 3.